The van der Waals surface area contributed by atoms with Crippen molar-refractivity contribution in [1.29, 1.82) is 0 Å². The summed E-state index contributed by atoms with van der Waals surface area (Å²) >= 11 is 0. The van der Waals surface area contributed by atoms with E-state index in [1.807, 2.05) is 0 Å². The van der Waals surface area contributed by atoms with Crippen LogP contribution in [0, 0.1) is 5.82 Å². The summed E-state index contributed by atoms with van der Waals surface area (Å²) < 4.78 is 25.4. The summed E-state index contributed by atoms with van der Waals surface area (Å²) in [7, 11) is 0. The lowest BCUT2D eigenvalue weighted by molar-refractivity contribution is -0.160. The molecule has 110 valence electrons. The van der Waals surface area contributed by atoms with Crippen molar-refractivity contribution in [2.24, 2.45) is 0 Å². The molecule has 20 heavy (non-hydrogen) atoms. The summed E-state index contributed by atoms with van der Waals surface area (Å²) in [5.74, 6) is 0.141. The van der Waals surface area contributed by atoms with Crippen molar-refractivity contribution in [2.45, 2.75) is 56.8 Å². The summed E-state index contributed by atoms with van der Waals surface area (Å²) in [6.45, 7) is 4.78. The van der Waals surface area contributed by atoms with Gasteiger partial charge in [0.15, 0.2) is 0 Å². The highest BCUT2D eigenvalue weighted by atomic mass is 19.1. The van der Waals surface area contributed by atoms with Gasteiger partial charge >= 0.3 is 0 Å². The molecule has 1 aromatic rings. The fourth-order valence-corrected chi connectivity index (χ4v) is 3.40. The van der Waals surface area contributed by atoms with Gasteiger partial charge in [-0.1, -0.05) is 6.92 Å². The highest BCUT2D eigenvalue weighted by Gasteiger charge is 2.48. The van der Waals surface area contributed by atoms with Crippen molar-refractivity contribution >= 4 is 0 Å². The Labute approximate surface area is 118 Å². The molecular weight excluding hydrogens is 259 g/mol. The van der Waals surface area contributed by atoms with E-state index in [1.54, 1.807) is 6.07 Å². The maximum Gasteiger partial charge on any atom is 0.128 e. The molecule has 3 unspecified atom stereocenters. The molecule has 1 aromatic carbocycles. The first kappa shape index (κ1) is 13.8. The quantitative estimate of drug-likeness (QED) is 0.857. The zero-order chi connectivity index (χ0) is 14.4. The number of halogens is 1. The fourth-order valence-electron chi connectivity index (χ4n) is 3.40. The minimum atomic E-state index is -0.599. The molecule has 1 fully saturated rings. The van der Waals surface area contributed by atoms with Gasteiger partial charge in [0, 0.05) is 30.9 Å². The molecule has 0 amide bonds. The van der Waals surface area contributed by atoms with Crippen molar-refractivity contribution in [3.8, 4) is 5.75 Å². The van der Waals surface area contributed by atoms with Crippen LogP contribution in [0.4, 0.5) is 4.39 Å². The van der Waals surface area contributed by atoms with Crippen molar-refractivity contribution in [3.05, 3.63) is 29.6 Å². The van der Waals surface area contributed by atoms with Crippen molar-refractivity contribution in [3.63, 3.8) is 0 Å². The van der Waals surface area contributed by atoms with Crippen LogP contribution < -0.4 is 4.74 Å². The van der Waals surface area contributed by atoms with Gasteiger partial charge in [0.25, 0.3) is 0 Å². The number of rotatable bonds is 1. The molecule has 0 saturated carbocycles. The first-order valence-electron chi connectivity index (χ1n) is 7.26. The van der Waals surface area contributed by atoms with E-state index >= 15 is 0 Å². The Kier molecular flexibility index (Phi) is 3.26. The van der Waals surface area contributed by atoms with E-state index in [4.69, 9.17) is 9.47 Å². The molecule has 4 heteroatoms. The summed E-state index contributed by atoms with van der Waals surface area (Å²) in [6.07, 6.45) is 2.30. The van der Waals surface area contributed by atoms with E-state index in [-0.39, 0.29) is 11.4 Å². The Morgan fingerprint density at radius 3 is 3.00 bits per heavy atom. The van der Waals surface area contributed by atoms with E-state index in [0.29, 0.717) is 24.3 Å². The lowest BCUT2D eigenvalue weighted by atomic mass is 9.76. The van der Waals surface area contributed by atoms with Gasteiger partial charge in [-0.3, -0.25) is 0 Å². The van der Waals surface area contributed by atoms with Crippen LogP contribution in [0.1, 0.15) is 51.2 Å². The maximum absolute atomic E-state index is 13.4. The van der Waals surface area contributed by atoms with E-state index in [2.05, 4.69) is 13.8 Å². The van der Waals surface area contributed by atoms with Gasteiger partial charge in [0.1, 0.15) is 17.2 Å². The van der Waals surface area contributed by atoms with Crippen LogP contribution in [0.25, 0.3) is 0 Å². The van der Waals surface area contributed by atoms with Crippen LogP contribution in [-0.4, -0.2) is 22.9 Å². The Bertz CT molecular complexity index is 518. The SMILES string of the molecule is CCC1(C)CC2(CCO1)CC(O)c1ccc(F)cc1O2. The molecule has 3 nitrogen and oxygen atoms in total. The van der Waals surface area contributed by atoms with Gasteiger partial charge in [-0.05, 0) is 25.5 Å². The van der Waals surface area contributed by atoms with Crippen LogP contribution in [0.2, 0.25) is 0 Å². The molecule has 1 spiro atoms. The number of aliphatic hydroxyl groups is 1. The topological polar surface area (TPSA) is 38.7 Å². The Morgan fingerprint density at radius 1 is 1.45 bits per heavy atom. The lowest BCUT2D eigenvalue weighted by Crippen LogP contribution is -2.52. The normalized spacial score (nSPS) is 36.5. The predicted molar refractivity (Wildman–Crippen MR) is 73.2 cm³/mol. The smallest absolute Gasteiger partial charge is 0.128 e. The molecule has 1 saturated heterocycles. The van der Waals surface area contributed by atoms with Crippen LogP contribution in [-0.2, 0) is 4.74 Å². The molecule has 3 atom stereocenters. The Hall–Kier alpha value is -1.13. The van der Waals surface area contributed by atoms with Crippen LogP contribution in [0.5, 0.6) is 5.75 Å². The van der Waals surface area contributed by atoms with Crippen LogP contribution >= 0.6 is 0 Å². The molecule has 0 aromatic heterocycles. The van der Waals surface area contributed by atoms with Gasteiger partial charge in [-0.25, -0.2) is 4.39 Å². The molecular formula is C16H21FO3. The van der Waals surface area contributed by atoms with E-state index < -0.39 is 11.7 Å². The summed E-state index contributed by atoms with van der Waals surface area (Å²) in [4.78, 5) is 0. The number of aliphatic hydroxyl groups excluding tert-OH is 1. The number of ether oxygens (including phenoxy) is 2. The number of fused-ring (bicyclic) bond motifs is 1. The third-order valence-corrected chi connectivity index (χ3v) is 4.68. The Morgan fingerprint density at radius 2 is 2.25 bits per heavy atom. The molecule has 2 aliphatic heterocycles. The fraction of sp³-hybridized carbons (Fsp3) is 0.625. The molecule has 2 aliphatic rings. The van der Waals surface area contributed by atoms with E-state index in [9.17, 15) is 9.50 Å². The molecule has 3 rings (SSSR count). The van der Waals surface area contributed by atoms with Crippen LogP contribution in [0.15, 0.2) is 18.2 Å². The van der Waals surface area contributed by atoms with Crippen molar-refractivity contribution in [2.75, 3.05) is 6.61 Å². The summed E-state index contributed by atoms with van der Waals surface area (Å²) in [5.41, 5.74) is 0.00756. The first-order valence-corrected chi connectivity index (χ1v) is 7.26. The van der Waals surface area contributed by atoms with Gasteiger partial charge in [-0.2, -0.15) is 0 Å². The molecule has 2 heterocycles. The van der Waals surface area contributed by atoms with Crippen molar-refractivity contribution in [1.82, 2.24) is 0 Å². The lowest BCUT2D eigenvalue weighted by Gasteiger charge is -2.49. The highest BCUT2D eigenvalue weighted by molar-refractivity contribution is 5.38. The highest BCUT2D eigenvalue weighted by Crippen LogP contribution is 2.47. The third kappa shape index (κ3) is 2.31. The second-order valence-corrected chi connectivity index (χ2v) is 6.27. The average molecular weight is 280 g/mol. The van der Waals surface area contributed by atoms with Gasteiger partial charge in [-0.15, -0.1) is 0 Å². The zero-order valence-electron chi connectivity index (χ0n) is 12.0. The predicted octanol–water partition coefficient (Wildman–Crippen LogP) is 3.36. The maximum atomic E-state index is 13.4. The standard InChI is InChI=1S/C16H21FO3/c1-3-15(2)10-16(6-7-19-15)9-13(18)12-5-4-11(17)8-14(12)20-16/h4-5,8,13,18H,3,6-7,9-10H2,1-2H3. The number of hydrogen-bond acceptors (Lipinski definition) is 3. The molecule has 0 aliphatic carbocycles. The van der Waals surface area contributed by atoms with Gasteiger partial charge in [0.05, 0.1) is 18.3 Å². The molecule has 1 N–H and O–H groups in total. The second-order valence-electron chi connectivity index (χ2n) is 6.27. The largest absolute Gasteiger partial charge is 0.486 e. The number of benzene rings is 1. The number of hydrogen-bond donors (Lipinski definition) is 1. The van der Waals surface area contributed by atoms with E-state index in [0.717, 1.165) is 19.3 Å². The van der Waals surface area contributed by atoms with Crippen LogP contribution in [0.3, 0.4) is 0 Å². The van der Waals surface area contributed by atoms with Gasteiger partial charge in [0.2, 0.25) is 0 Å². The summed E-state index contributed by atoms with van der Waals surface area (Å²) in [6, 6.07) is 4.35. The average Bonchev–Trinajstić information content (AvgIpc) is 2.37. The minimum Gasteiger partial charge on any atom is -0.486 e. The molecule has 0 bridgehead atoms. The second kappa shape index (κ2) is 4.71. The zero-order valence-corrected chi connectivity index (χ0v) is 12.0. The minimum absolute atomic E-state index is 0.233. The van der Waals surface area contributed by atoms with Crippen molar-refractivity contribution < 1.29 is 19.0 Å². The Balaban J connectivity index is 1.93. The van der Waals surface area contributed by atoms with Gasteiger partial charge < -0.3 is 14.6 Å². The first-order chi connectivity index (χ1) is 9.45. The monoisotopic (exact) mass is 280 g/mol. The molecule has 0 radical (unpaired) electrons. The summed E-state index contributed by atoms with van der Waals surface area (Å²) in [5, 5.41) is 10.4. The van der Waals surface area contributed by atoms with E-state index in [1.165, 1.54) is 12.1 Å². The third-order valence-electron chi connectivity index (χ3n) is 4.68.